The average Bonchev–Trinajstić information content (AvgIpc) is 2.80. The van der Waals surface area contributed by atoms with Crippen molar-refractivity contribution in [3.05, 3.63) is 102 Å². The molecule has 2 amide bonds. The predicted molar refractivity (Wildman–Crippen MR) is 127 cm³/mol. The second-order valence-electron chi connectivity index (χ2n) is 8.03. The first-order valence-corrected chi connectivity index (χ1v) is 10.6. The Morgan fingerprint density at radius 2 is 1.66 bits per heavy atom. The Balaban J connectivity index is 1.55. The van der Waals surface area contributed by atoms with Crippen LogP contribution >= 0.6 is 0 Å². The van der Waals surface area contributed by atoms with Gasteiger partial charge in [-0.1, -0.05) is 72.8 Å². The van der Waals surface area contributed by atoms with Crippen LogP contribution in [-0.2, 0) is 9.59 Å². The Hall–Kier alpha value is -3.86. The smallest absolute Gasteiger partial charge is 0.265 e. The number of nitrogens with one attached hydrogen (secondary N) is 1. The molecule has 0 saturated carbocycles. The SMILES string of the molecule is C=C(C)CN1C(=O)COc2ccc(NC(=O)CC(c3ccccc3)c3ccccc3)cc21. The maximum absolute atomic E-state index is 13.0. The molecule has 0 spiro atoms. The highest BCUT2D eigenvalue weighted by atomic mass is 16.5. The van der Waals surface area contributed by atoms with Crippen LogP contribution < -0.4 is 15.0 Å². The number of hydrogen-bond donors (Lipinski definition) is 1. The largest absolute Gasteiger partial charge is 0.482 e. The number of hydrogen-bond acceptors (Lipinski definition) is 3. The van der Waals surface area contributed by atoms with Gasteiger partial charge in [-0.25, -0.2) is 0 Å². The minimum Gasteiger partial charge on any atom is -0.482 e. The van der Waals surface area contributed by atoms with Crippen molar-refractivity contribution in [1.29, 1.82) is 0 Å². The van der Waals surface area contributed by atoms with Crippen LogP contribution in [0.3, 0.4) is 0 Å². The molecular formula is C27H26N2O3. The second kappa shape index (κ2) is 9.52. The lowest BCUT2D eigenvalue weighted by Gasteiger charge is -2.30. The summed E-state index contributed by atoms with van der Waals surface area (Å²) in [5.41, 5.74) is 4.31. The summed E-state index contributed by atoms with van der Waals surface area (Å²) in [6.07, 6.45) is 0.302. The molecule has 5 nitrogen and oxygen atoms in total. The van der Waals surface area contributed by atoms with E-state index in [0.29, 0.717) is 30.1 Å². The van der Waals surface area contributed by atoms with E-state index in [4.69, 9.17) is 4.74 Å². The van der Waals surface area contributed by atoms with Crippen molar-refractivity contribution >= 4 is 23.2 Å². The number of benzene rings is 3. The van der Waals surface area contributed by atoms with Gasteiger partial charge in [0.2, 0.25) is 5.91 Å². The zero-order valence-corrected chi connectivity index (χ0v) is 18.1. The molecular weight excluding hydrogens is 400 g/mol. The first-order valence-electron chi connectivity index (χ1n) is 10.6. The van der Waals surface area contributed by atoms with Crippen molar-refractivity contribution in [1.82, 2.24) is 0 Å². The third kappa shape index (κ3) is 4.89. The minimum absolute atomic E-state index is 0.00180. The van der Waals surface area contributed by atoms with Crippen molar-refractivity contribution in [2.75, 3.05) is 23.4 Å². The molecule has 0 unspecified atom stereocenters. The molecule has 0 radical (unpaired) electrons. The standard InChI is InChI=1S/C27H26N2O3/c1-19(2)17-29-24-15-22(13-14-25(24)32-18-27(29)31)28-26(30)16-23(20-9-5-3-6-10-20)21-11-7-4-8-12-21/h3-15,23H,1,16-18H2,2H3,(H,28,30). The number of nitrogens with zero attached hydrogens (tertiary/aromatic N) is 1. The van der Waals surface area contributed by atoms with Gasteiger partial charge in [0, 0.05) is 24.6 Å². The van der Waals surface area contributed by atoms with Crippen LogP contribution in [0.1, 0.15) is 30.4 Å². The third-order valence-corrected chi connectivity index (χ3v) is 5.41. The van der Waals surface area contributed by atoms with Crippen LogP contribution in [0.2, 0.25) is 0 Å². The Morgan fingerprint density at radius 3 is 2.25 bits per heavy atom. The molecule has 0 aromatic heterocycles. The van der Waals surface area contributed by atoms with Crippen molar-refractivity contribution < 1.29 is 14.3 Å². The number of carbonyl (C=O) groups excluding carboxylic acids is 2. The number of carbonyl (C=O) groups is 2. The van der Waals surface area contributed by atoms with Gasteiger partial charge in [0.25, 0.3) is 5.91 Å². The Kier molecular flexibility index (Phi) is 6.36. The van der Waals surface area contributed by atoms with Crippen LogP contribution in [0.15, 0.2) is 91.0 Å². The highest BCUT2D eigenvalue weighted by Crippen LogP contribution is 2.35. The molecule has 0 saturated heterocycles. The summed E-state index contributed by atoms with van der Waals surface area (Å²) >= 11 is 0. The third-order valence-electron chi connectivity index (χ3n) is 5.41. The summed E-state index contributed by atoms with van der Waals surface area (Å²) in [6.45, 7) is 6.20. The first kappa shape index (κ1) is 21.4. The van der Waals surface area contributed by atoms with Gasteiger partial charge in [-0.2, -0.15) is 0 Å². The normalized spacial score (nSPS) is 12.8. The fraction of sp³-hybridized carbons (Fsp3) is 0.185. The van der Waals surface area contributed by atoms with Gasteiger partial charge in [0.1, 0.15) is 5.75 Å². The van der Waals surface area contributed by atoms with Gasteiger partial charge in [0.05, 0.1) is 5.69 Å². The quantitative estimate of drug-likeness (QED) is 0.532. The van der Waals surface area contributed by atoms with Gasteiger partial charge in [-0.15, -0.1) is 0 Å². The topological polar surface area (TPSA) is 58.6 Å². The van der Waals surface area contributed by atoms with Crippen molar-refractivity contribution in [2.24, 2.45) is 0 Å². The van der Waals surface area contributed by atoms with E-state index in [1.54, 1.807) is 23.1 Å². The molecule has 4 rings (SSSR count). The zero-order chi connectivity index (χ0) is 22.5. The van der Waals surface area contributed by atoms with Crippen LogP contribution in [0.25, 0.3) is 0 Å². The lowest BCUT2D eigenvalue weighted by atomic mass is 9.88. The summed E-state index contributed by atoms with van der Waals surface area (Å²) < 4.78 is 5.55. The highest BCUT2D eigenvalue weighted by molar-refractivity contribution is 6.00. The number of fused-ring (bicyclic) bond motifs is 1. The second-order valence-corrected chi connectivity index (χ2v) is 8.03. The van der Waals surface area contributed by atoms with Gasteiger partial charge < -0.3 is 15.0 Å². The summed E-state index contributed by atoms with van der Waals surface area (Å²) in [5, 5.41) is 3.00. The van der Waals surface area contributed by atoms with E-state index in [0.717, 1.165) is 16.7 Å². The molecule has 0 atom stereocenters. The summed E-state index contributed by atoms with van der Waals surface area (Å²) in [6, 6.07) is 25.4. The predicted octanol–water partition coefficient (Wildman–Crippen LogP) is 5.15. The van der Waals surface area contributed by atoms with E-state index in [1.807, 2.05) is 67.6 Å². The molecule has 1 aliphatic heterocycles. The zero-order valence-electron chi connectivity index (χ0n) is 18.1. The fourth-order valence-electron chi connectivity index (χ4n) is 3.92. The molecule has 3 aromatic carbocycles. The van der Waals surface area contributed by atoms with Crippen molar-refractivity contribution in [3.63, 3.8) is 0 Å². The highest BCUT2D eigenvalue weighted by Gasteiger charge is 2.26. The van der Waals surface area contributed by atoms with E-state index in [9.17, 15) is 9.59 Å². The molecule has 1 N–H and O–H groups in total. The van der Waals surface area contributed by atoms with E-state index in [-0.39, 0.29) is 24.3 Å². The van der Waals surface area contributed by atoms with E-state index in [1.165, 1.54) is 0 Å². The summed E-state index contributed by atoms with van der Waals surface area (Å²) in [4.78, 5) is 27.0. The molecule has 0 aliphatic carbocycles. The lowest BCUT2D eigenvalue weighted by molar-refractivity contribution is -0.121. The van der Waals surface area contributed by atoms with Crippen LogP contribution in [0, 0.1) is 0 Å². The first-order chi connectivity index (χ1) is 15.5. The molecule has 32 heavy (non-hydrogen) atoms. The molecule has 1 heterocycles. The maximum Gasteiger partial charge on any atom is 0.265 e. The molecule has 1 aliphatic rings. The fourth-order valence-corrected chi connectivity index (χ4v) is 3.92. The molecule has 3 aromatic rings. The van der Waals surface area contributed by atoms with Crippen LogP contribution in [0.5, 0.6) is 5.75 Å². The molecule has 162 valence electrons. The van der Waals surface area contributed by atoms with E-state index < -0.39 is 0 Å². The summed E-state index contributed by atoms with van der Waals surface area (Å²) in [5.74, 6) is 0.338. The summed E-state index contributed by atoms with van der Waals surface area (Å²) in [7, 11) is 0. The number of rotatable bonds is 7. The minimum atomic E-state index is -0.128. The molecule has 0 bridgehead atoms. The van der Waals surface area contributed by atoms with Crippen molar-refractivity contribution in [3.8, 4) is 5.75 Å². The lowest BCUT2D eigenvalue weighted by Crippen LogP contribution is -2.39. The van der Waals surface area contributed by atoms with E-state index in [2.05, 4.69) is 11.9 Å². The van der Waals surface area contributed by atoms with E-state index >= 15 is 0 Å². The van der Waals surface area contributed by atoms with Gasteiger partial charge in [-0.3, -0.25) is 9.59 Å². The number of ether oxygens (including phenoxy) is 1. The van der Waals surface area contributed by atoms with Gasteiger partial charge >= 0.3 is 0 Å². The van der Waals surface area contributed by atoms with Gasteiger partial charge in [-0.05, 0) is 36.2 Å². The van der Waals surface area contributed by atoms with Crippen molar-refractivity contribution in [2.45, 2.75) is 19.3 Å². The Labute approximate surface area is 188 Å². The monoisotopic (exact) mass is 426 g/mol. The Bertz CT molecular complexity index is 1090. The maximum atomic E-state index is 13.0. The molecule has 5 heteroatoms. The Morgan fingerprint density at radius 1 is 1.03 bits per heavy atom. The molecule has 0 fully saturated rings. The van der Waals surface area contributed by atoms with Gasteiger partial charge in [0.15, 0.2) is 6.61 Å². The number of amides is 2. The number of anilines is 2. The van der Waals surface area contributed by atoms with Crippen LogP contribution in [0.4, 0.5) is 11.4 Å². The average molecular weight is 427 g/mol. The van der Waals surface area contributed by atoms with Crippen LogP contribution in [-0.4, -0.2) is 25.0 Å².